The lowest BCUT2D eigenvalue weighted by Crippen LogP contribution is -2.50. The molecule has 1 aromatic rings. The summed E-state index contributed by atoms with van der Waals surface area (Å²) in [6.07, 6.45) is 8.12. The van der Waals surface area contributed by atoms with Gasteiger partial charge in [-0.25, -0.2) is 0 Å². The third-order valence-corrected chi connectivity index (χ3v) is 4.63. The first-order valence-electron chi connectivity index (χ1n) is 7.80. The number of piperidine rings is 1. The van der Waals surface area contributed by atoms with E-state index in [0.717, 1.165) is 39.0 Å². The standard InChI is InChI=1S/C16H25N3O/c20-16(14-19-8-1-2-9-19)5-10-18(11-6-16)13-15-4-3-7-17-12-15/h3-4,7,12,20H,1-2,5-6,8-11,13-14H2. The van der Waals surface area contributed by atoms with Gasteiger partial charge in [0.1, 0.15) is 0 Å². The van der Waals surface area contributed by atoms with E-state index in [1.54, 1.807) is 0 Å². The fourth-order valence-corrected chi connectivity index (χ4v) is 3.39. The maximum Gasteiger partial charge on any atom is 0.0798 e. The Bertz CT molecular complexity index is 409. The number of hydrogen-bond acceptors (Lipinski definition) is 4. The molecule has 0 atom stereocenters. The topological polar surface area (TPSA) is 39.6 Å². The molecule has 2 aliphatic rings. The van der Waals surface area contributed by atoms with Crippen LogP contribution in [0.2, 0.25) is 0 Å². The molecule has 0 saturated carbocycles. The van der Waals surface area contributed by atoms with Crippen LogP contribution in [0.4, 0.5) is 0 Å². The van der Waals surface area contributed by atoms with Crippen molar-refractivity contribution in [2.75, 3.05) is 32.7 Å². The van der Waals surface area contributed by atoms with Crippen molar-refractivity contribution in [2.45, 2.75) is 37.8 Å². The molecular formula is C16H25N3O. The summed E-state index contributed by atoms with van der Waals surface area (Å²) in [5, 5.41) is 10.7. The van der Waals surface area contributed by atoms with Gasteiger partial charge in [-0.2, -0.15) is 0 Å². The smallest absolute Gasteiger partial charge is 0.0798 e. The lowest BCUT2D eigenvalue weighted by atomic mass is 9.90. The van der Waals surface area contributed by atoms with E-state index in [1.807, 2.05) is 18.5 Å². The predicted molar refractivity (Wildman–Crippen MR) is 79.4 cm³/mol. The van der Waals surface area contributed by atoms with Crippen LogP contribution in [-0.4, -0.2) is 58.2 Å². The van der Waals surface area contributed by atoms with Gasteiger partial charge >= 0.3 is 0 Å². The molecule has 4 nitrogen and oxygen atoms in total. The highest BCUT2D eigenvalue weighted by Crippen LogP contribution is 2.25. The molecule has 110 valence electrons. The van der Waals surface area contributed by atoms with Crippen LogP contribution in [0.15, 0.2) is 24.5 Å². The van der Waals surface area contributed by atoms with E-state index >= 15 is 0 Å². The van der Waals surface area contributed by atoms with Gasteiger partial charge < -0.3 is 10.0 Å². The summed E-state index contributed by atoms with van der Waals surface area (Å²) >= 11 is 0. The summed E-state index contributed by atoms with van der Waals surface area (Å²) in [4.78, 5) is 9.02. The number of pyridine rings is 1. The van der Waals surface area contributed by atoms with E-state index in [2.05, 4.69) is 20.9 Å². The molecule has 0 bridgehead atoms. The van der Waals surface area contributed by atoms with Crippen LogP contribution in [-0.2, 0) is 6.54 Å². The molecule has 0 amide bonds. The van der Waals surface area contributed by atoms with Gasteiger partial charge in [-0.15, -0.1) is 0 Å². The first-order chi connectivity index (χ1) is 9.73. The summed E-state index contributed by atoms with van der Waals surface area (Å²) < 4.78 is 0. The van der Waals surface area contributed by atoms with Crippen LogP contribution in [0.25, 0.3) is 0 Å². The molecular weight excluding hydrogens is 250 g/mol. The first kappa shape index (κ1) is 14.0. The van der Waals surface area contributed by atoms with E-state index in [0.29, 0.717) is 0 Å². The number of hydrogen-bond donors (Lipinski definition) is 1. The summed E-state index contributed by atoms with van der Waals surface area (Å²) in [7, 11) is 0. The molecule has 3 rings (SSSR count). The minimum Gasteiger partial charge on any atom is -0.388 e. The fraction of sp³-hybridized carbons (Fsp3) is 0.688. The van der Waals surface area contributed by atoms with E-state index in [1.165, 1.54) is 31.5 Å². The summed E-state index contributed by atoms with van der Waals surface area (Å²) in [5.41, 5.74) is 0.799. The van der Waals surface area contributed by atoms with Crippen LogP contribution in [0.5, 0.6) is 0 Å². The Morgan fingerprint density at radius 2 is 1.85 bits per heavy atom. The van der Waals surface area contributed by atoms with E-state index < -0.39 is 5.60 Å². The normalized spacial score (nSPS) is 24.1. The molecule has 0 aromatic carbocycles. The van der Waals surface area contributed by atoms with E-state index in [4.69, 9.17) is 0 Å². The largest absolute Gasteiger partial charge is 0.388 e. The van der Waals surface area contributed by atoms with Crippen LogP contribution in [0.3, 0.4) is 0 Å². The molecule has 1 aromatic heterocycles. The van der Waals surface area contributed by atoms with Gasteiger partial charge in [-0.1, -0.05) is 6.07 Å². The molecule has 0 radical (unpaired) electrons. The number of nitrogens with zero attached hydrogens (tertiary/aromatic N) is 3. The highest BCUT2D eigenvalue weighted by molar-refractivity contribution is 5.08. The van der Waals surface area contributed by atoms with Crippen molar-refractivity contribution >= 4 is 0 Å². The van der Waals surface area contributed by atoms with Gasteiger partial charge in [0, 0.05) is 38.6 Å². The van der Waals surface area contributed by atoms with Crippen LogP contribution >= 0.6 is 0 Å². The van der Waals surface area contributed by atoms with Gasteiger partial charge in [0.25, 0.3) is 0 Å². The highest BCUT2D eigenvalue weighted by Gasteiger charge is 2.34. The third-order valence-electron chi connectivity index (χ3n) is 4.63. The number of rotatable bonds is 4. The lowest BCUT2D eigenvalue weighted by molar-refractivity contribution is -0.0430. The third kappa shape index (κ3) is 3.57. The molecule has 2 fully saturated rings. The SMILES string of the molecule is OC1(CN2CCCC2)CCN(Cc2cccnc2)CC1. The second-order valence-corrected chi connectivity index (χ2v) is 6.35. The zero-order valence-electron chi connectivity index (χ0n) is 12.2. The molecule has 2 aliphatic heterocycles. The van der Waals surface area contributed by atoms with Gasteiger partial charge in [0.15, 0.2) is 0 Å². The van der Waals surface area contributed by atoms with Gasteiger partial charge in [0.2, 0.25) is 0 Å². The maximum absolute atomic E-state index is 10.7. The zero-order valence-corrected chi connectivity index (χ0v) is 12.2. The van der Waals surface area contributed by atoms with Crippen LogP contribution < -0.4 is 0 Å². The van der Waals surface area contributed by atoms with Crippen molar-refractivity contribution in [3.05, 3.63) is 30.1 Å². The Morgan fingerprint density at radius 1 is 1.10 bits per heavy atom. The Labute approximate surface area is 121 Å². The second kappa shape index (κ2) is 6.20. The van der Waals surface area contributed by atoms with Crippen molar-refractivity contribution in [3.8, 4) is 0 Å². The average molecular weight is 275 g/mol. The number of aliphatic hydroxyl groups is 1. The van der Waals surface area contributed by atoms with Crippen molar-refractivity contribution in [1.29, 1.82) is 0 Å². The van der Waals surface area contributed by atoms with Crippen molar-refractivity contribution in [3.63, 3.8) is 0 Å². The minimum atomic E-state index is -0.463. The summed E-state index contributed by atoms with van der Waals surface area (Å²) in [6.45, 7) is 6.13. The first-order valence-corrected chi connectivity index (χ1v) is 7.80. The molecule has 20 heavy (non-hydrogen) atoms. The molecule has 2 saturated heterocycles. The predicted octanol–water partition coefficient (Wildman–Crippen LogP) is 1.50. The van der Waals surface area contributed by atoms with Gasteiger partial charge in [-0.3, -0.25) is 9.88 Å². The quantitative estimate of drug-likeness (QED) is 0.904. The monoisotopic (exact) mass is 275 g/mol. The molecule has 1 N–H and O–H groups in total. The lowest BCUT2D eigenvalue weighted by Gasteiger charge is -2.40. The van der Waals surface area contributed by atoms with Crippen molar-refractivity contribution in [2.24, 2.45) is 0 Å². The summed E-state index contributed by atoms with van der Waals surface area (Å²) in [5.74, 6) is 0. The molecule has 0 unspecified atom stereocenters. The number of likely N-dealkylation sites (tertiary alicyclic amines) is 2. The van der Waals surface area contributed by atoms with Gasteiger partial charge in [0.05, 0.1) is 5.60 Å². The molecule has 4 heteroatoms. The zero-order chi connectivity index (χ0) is 13.8. The molecule has 3 heterocycles. The average Bonchev–Trinajstić information content (AvgIpc) is 2.95. The Balaban J connectivity index is 1.48. The van der Waals surface area contributed by atoms with Crippen LogP contribution in [0, 0.1) is 0 Å². The minimum absolute atomic E-state index is 0.463. The van der Waals surface area contributed by atoms with Crippen molar-refractivity contribution in [1.82, 2.24) is 14.8 Å². The van der Waals surface area contributed by atoms with E-state index in [-0.39, 0.29) is 0 Å². The van der Waals surface area contributed by atoms with E-state index in [9.17, 15) is 5.11 Å². The Hall–Kier alpha value is -0.970. The maximum atomic E-state index is 10.7. The van der Waals surface area contributed by atoms with Crippen molar-refractivity contribution < 1.29 is 5.11 Å². The molecule has 0 aliphatic carbocycles. The van der Waals surface area contributed by atoms with Gasteiger partial charge in [-0.05, 0) is 50.4 Å². The molecule has 0 spiro atoms. The Kier molecular flexibility index (Phi) is 4.34. The van der Waals surface area contributed by atoms with Crippen LogP contribution in [0.1, 0.15) is 31.2 Å². The summed E-state index contributed by atoms with van der Waals surface area (Å²) in [6, 6.07) is 4.11. The highest BCUT2D eigenvalue weighted by atomic mass is 16.3. The number of aromatic nitrogens is 1. The number of β-amino-alcohol motifs (C(OH)–C–C–N with tert-alkyl or cyclic N) is 1. The Morgan fingerprint density at radius 3 is 2.50 bits per heavy atom. The second-order valence-electron chi connectivity index (χ2n) is 6.35. The fourth-order valence-electron chi connectivity index (χ4n) is 3.39.